The number of fused-ring (bicyclic) bond motifs is 4. The smallest absolute Gasteiger partial charge is 0.270 e. The fourth-order valence-electron chi connectivity index (χ4n) is 6.13. The zero-order valence-electron chi connectivity index (χ0n) is 18.9. The quantitative estimate of drug-likeness (QED) is 0.185. The highest BCUT2D eigenvalue weighted by Gasteiger charge is 2.54. The van der Waals surface area contributed by atoms with Gasteiger partial charge in [0.15, 0.2) is 0 Å². The van der Waals surface area contributed by atoms with E-state index >= 15 is 0 Å². The third kappa shape index (κ3) is 3.81. The number of non-ortho nitro benzene ring substituents is 1. The van der Waals surface area contributed by atoms with Crippen molar-refractivity contribution in [3.05, 3.63) is 94.7 Å². The zero-order valence-corrected chi connectivity index (χ0v) is 18.9. The number of pyridine rings is 1. The molecule has 7 heteroatoms. The Balaban J connectivity index is 1.52. The number of piperidine rings is 3. The van der Waals surface area contributed by atoms with Gasteiger partial charge in [-0.25, -0.2) is 0 Å². The van der Waals surface area contributed by atoms with Gasteiger partial charge >= 0.3 is 0 Å². The minimum Gasteiger partial charge on any atom is -0.382 e. The number of nitro groups is 1. The first kappa shape index (κ1) is 22.4. The minimum atomic E-state index is -0.751. The van der Waals surface area contributed by atoms with Crippen molar-refractivity contribution in [3.8, 4) is 0 Å². The summed E-state index contributed by atoms with van der Waals surface area (Å²) in [4.78, 5) is 28.6. The summed E-state index contributed by atoms with van der Waals surface area (Å²) in [5.74, 6) is 0.575. The Morgan fingerprint density at radius 2 is 2.09 bits per heavy atom. The van der Waals surface area contributed by atoms with Gasteiger partial charge in [0.2, 0.25) is 5.78 Å². The van der Waals surface area contributed by atoms with Crippen molar-refractivity contribution in [2.45, 2.75) is 25.0 Å². The summed E-state index contributed by atoms with van der Waals surface area (Å²) in [6, 6.07) is 15.4. The SMILES string of the molecule is C=C[C@H]1C[N@+]2(CC(=O)c3cccc([N+](=O)[O-])c3)CC[C@H]1C[C@H]2[C@H](O)c1ccnc2ccccc12. The van der Waals surface area contributed by atoms with Crippen LogP contribution in [-0.2, 0) is 0 Å². The number of aliphatic hydroxyl groups excluding tert-OH is 1. The molecule has 0 amide bonds. The monoisotopic (exact) mass is 458 g/mol. The van der Waals surface area contributed by atoms with Gasteiger partial charge < -0.3 is 9.59 Å². The maximum absolute atomic E-state index is 13.4. The third-order valence-corrected chi connectivity index (χ3v) is 7.88. The van der Waals surface area contributed by atoms with Gasteiger partial charge in [-0.15, -0.1) is 6.58 Å². The van der Waals surface area contributed by atoms with Crippen LogP contribution in [0.15, 0.2) is 73.4 Å². The number of benzene rings is 2. The highest BCUT2D eigenvalue weighted by Crippen LogP contribution is 2.47. The summed E-state index contributed by atoms with van der Waals surface area (Å²) in [6.07, 6.45) is 4.73. The molecule has 7 nitrogen and oxygen atoms in total. The Hall–Kier alpha value is -3.42. The lowest BCUT2D eigenvalue weighted by atomic mass is 9.71. The van der Waals surface area contributed by atoms with E-state index in [1.54, 1.807) is 18.3 Å². The summed E-state index contributed by atoms with van der Waals surface area (Å²) in [5, 5.41) is 23.9. The number of nitrogens with zero attached hydrogens (tertiary/aromatic N) is 3. The summed E-state index contributed by atoms with van der Waals surface area (Å²) in [7, 11) is 0. The number of hydrogen-bond acceptors (Lipinski definition) is 5. The number of quaternary nitrogens is 1. The van der Waals surface area contributed by atoms with E-state index in [9.17, 15) is 20.0 Å². The van der Waals surface area contributed by atoms with Crippen LogP contribution in [0.25, 0.3) is 10.9 Å². The van der Waals surface area contributed by atoms with Gasteiger partial charge in [0.25, 0.3) is 5.69 Å². The number of rotatable bonds is 7. The number of ketones is 1. The highest BCUT2D eigenvalue weighted by molar-refractivity contribution is 5.97. The molecule has 0 spiro atoms. The van der Waals surface area contributed by atoms with Crippen LogP contribution in [0.4, 0.5) is 5.69 Å². The first-order valence-corrected chi connectivity index (χ1v) is 11.7. The standard InChI is InChI=1S/C27H28N3O4/c1-2-18-16-30(17-26(31)20-6-5-7-21(14-20)29(33)34)13-11-19(18)15-25(30)27(32)23-10-12-28-24-9-4-3-8-22(23)24/h2-10,12,14,18-19,25,27,32H,1,11,13,15-17H2/q+1/t18-,19-,25-,27+,30-/m0/s1. The molecule has 3 saturated heterocycles. The Bertz CT molecular complexity index is 1270. The van der Waals surface area contributed by atoms with Crippen LogP contribution in [0.3, 0.4) is 0 Å². The summed E-state index contributed by atoms with van der Waals surface area (Å²) in [6.45, 7) is 5.76. The number of carbonyl (C=O) groups excluding carboxylic acids is 1. The molecule has 1 aromatic heterocycles. The maximum atomic E-state index is 13.4. The maximum Gasteiger partial charge on any atom is 0.270 e. The third-order valence-electron chi connectivity index (χ3n) is 7.88. The van der Waals surface area contributed by atoms with Crippen molar-refractivity contribution in [2.24, 2.45) is 11.8 Å². The van der Waals surface area contributed by atoms with Gasteiger partial charge in [-0.3, -0.25) is 19.9 Å². The molecule has 0 aliphatic carbocycles. The molecule has 5 atom stereocenters. The predicted molar refractivity (Wildman–Crippen MR) is 129 cm³/mol. The van der Waals surface area contributed by atoms with Crippen molar-refractivity contribution in [1.29, 1.82) is 0 Å². The molecule has 0 unspecified atom stereocenters. The second-order valence-electron chi connectivity index (χ2n) is 9.63. The number of hydrogen-bond donors (Lipinski definition) is 1. The predicted octanol–water partition coefficient (Wildman–Crippen LogP) is 4.47. The molecule has 2 aromatic carbocycles. The molecule has 1 N–H and O–H groups in total. The van der Waals surface area contributed by atoms with Crippen LogP contribution >= 0.6 is 0 Å². The van der Waals surface area contributed by atoms with E-state index in [-0.39, 0.29) is 30.0 Å². The van der Waals surface area contributed by atoms with Crippen LogP contribution in [-0.4, -0.2) is 51.0 Å². The molecular weight excluding hydrogens is 430 g/mol. The van der Waals surface area contributed by atoms with E-state index in [1.165, 1.54) is 12.1 Å². The molecule has 3 aliphatic rings. The summed E-state index contributed by atoms with van der Waals surface area (Å²) in [5.41, 5.74) is 1.91. The summed E-state index contributed by atoms with van der Waals surface area (Å²) < 4.78 is 0.465. The molecule has 4 heterocycles. The average molecular weight is 459 g/mol. The molecule has 174 valence electrons. The highest BCUT2D eigenvalue weighted by atomic mass is 16.6. The van der Waals surface area contributed by atoms with Gasteiger partial charge in [0.05, 0.1) is 23.5 Å². The molecule has 34 heavy (non-hydrogen) atoms. The Labute approximate surface area is 198 Å². The van der Waals surface area contributed by atoms with Crippen LogP contribution < -0.4 is 0 Å². The number of carbonyl (C=O) groups is 1. The van der Waals surface area contributed by atoms with Crippen LogP contribution in [0.1, 0.15) is 34.9 Å². The topological polar surface area (TPSA) is 93.3 Å². The van der Waals surface area contributed by atoms with Gasteiger partial charge in [0, 0.05) is 48.0 Å². The van der Waals surface area contributed by atoms with E-state index in [0.29, 0.717) is 16.0 Å². The molecule has 3 aliphatic heterocycles. The van der Waals surface area contributed by atoms with E-state index in [4.69, 9.17) is 0 Å². The normalized spacial score (nSPS) is 26.8. The lowest BCUT2D eigenvalue weighted by Crippen LogP contribution is -2.69. The Morgan fingerprint density at radius 3 is 2.88 bits per heavy atom. The average Bonchev–Trinajstić information content (AvgIpc) is 2.87. The fourth-order valence-corrected chi connectivity index (χ4v) is 6.13. The van der Waals surface area contributed by atoms with E-state index in [0.717, 1.165) is 42.4 Å². The van der Waals surface area contributed by atoms with Gasteiger partial charge in [-0.05, 0) is 23.6 Å². The number of aromatic nitrogens is 1. The lowest BCUT2D eigenvalue weighted by Gasteiger charge is -2.57. The molecule has 0 saturated carbocycles. The van der Waals surface area contributed by atoms with Crippen molar-refractivity contribution in [2.75, 3.05) is 19.6 Å². The number of aliphatic hydroxyl groups is 1. The Morgan fingerprint density at radius 1 is 1.26 bits per heavy atom. The number of para-hydroxylation sites is 1. The largest absolute Gasteiger partial charge is 0.382 e. The number of nitro benzene ring substituents is 1. The first-order chi connectivity index (χ1) is 16.4. The lowest BCUT2D eigenvalue weighted by molar-refractivity contribution is -0.966. The van der Waals surface area contributed by atoms with Crippen LogP contribution in [0.2, 0.25) is 0 Å². The molecule has 0 radical (unpaired) electrons. The van der Waals surface area contributed by atoms with Gasteiger partial charge in [-0.1, -0.05) is 36.4 Å². The second-order valence-corrected chi connectivity index (χ2v) is 9.63. The Kier molecular flexibility index (Phi) is 5.75. The zero-order chi connectivity index (χ0) is 23.9. The van der Waals surface area contributed by atoms with Crippen LogP contribution in [0.5, 0.6) is 0 Å². The molecular formula is C27H28N3O4+. The van der Waals surface area contributed by atoms with Crippen molar-refractivity contribution in [1.82, 2.24) is 4.98 Å². The summed E-state index contributed by atoms with van der Waals surface area (Å²) >= 11 is 0. The van der Waals surface area contributed by atoms with Crippen molar-refractivity contribution >= 4 is 22.4 Å². The number of Topliss-reactive ketones (excluding diaryl/α,β-unsaturated/α-hetero) is 1. The van der Waals surface area contributed by atoms with E-state index in [2.05, 4.69) is 11.6 Å². The fraction of sp³-hybridized carbons (Fsp3) is 0.333. The van der Waals surface area contributed by atoms with Gasteiger partial charge in [0.1, 0.15) is 18.7 Å². The van der Waals surface area contributed by atoms with E-state index in [1.807, 2.05) is 36.4 Å². The second kappa shape index (κ2) is 8.74. The van der Waals surface area contributed by atoms with Crippen LogP contribution in [0, 0.1) is 22.0 Å². The first-order valence-electron chi connectivity index (χ1n) is 11.7. The molecule has 2 bridgehead atoms. The van der Waals surface area contributed by atoms with Crippen molar-refractivity contribution < 1.29 is 19.3 Å². The van der Waals surface area contributed by atoms with Gasteiger partial charge in [-0.2, -0.15) is 0 Å². The molecule has 6 rings (SSSR count). The van der Waals surface area contributed by atoms with Crippen molar-refractivity contribution in [3.63, 3.8) is 0 Å². The molecule has 3 aromatic rings. The molecule has 3 fully saturated rings. The minimum absolute atomic E-state index is 0.0907. The van der Waals surface area contributed by atoms with E-state index < -0.39 is 11.0 Å².